The van der Waals surface area contributed by atoms with Gasteiger partial charge in [0.1, 0.15) is 12.4 Å². The Morgan fingerprint density at radius 3 is 2.42 bits per heavy atom. The largest absolute Gasteiger partial charge is 0.492 e. The van der Waals surface area contributed by atoms with Gasteiger partial charge >= 0.3 is 0 Å². The zero-order valence-electron chi connectivity index (χ0n) is 19.2. The van der Waals surface area contributed by atoms with Crippen molar-refractivity contribution in [1.82, 2.24) is 5.32 Å². The van der Waals surface area contributed by atoms with E-state index < -0.39 is 10.0 Å². The quantitative estimate of drug-likeness (QED) is 0.418. The molecule has 0 aliphatic heterocycles. The van der Waals surface area contributed by atoms with Gasteiger partial charge in [0, 0.05) is 11.3 Å². The van der Waals surface area contributed by atoms with Gasteiger partial charge in [0.15, 0.2) is 0 Å². The van der Waals surface area contributed by atoms with Crippen molar-refractivity contribution in [3.8, 4) is 5.75 Å². The third kappa shape index (κ3) is 6.83. The van der Waals surface area contributed by atoms with Gasteiger partial charge in [-0.1, -0.05) is 43.7 Å². The van der Waals surface area contributed by atoms with Crippen LogP contribution in [0.3, 0.4) is 0 Å². The van der Waals surface area contributed by atoms with Gasteiger partial charge in [-0.25, -0.2) is 8.42 Å². The van der Waals surface area contributed by atoms with E-state index in [4.69, 9.17) is 4.74 Å². The molecule has 0 aromatic heterocycles. The Hall–Kier alpha value is -3.32. The lowest BCUT2D eigenvalue weighted by Crippen LogP contribution is -2.28. The monoisotopic (exact) mass is 466 g/mol. The molecule has 0 saturated carbocycles. The third-order valence-corrected chi connectivity index (χ3v) is 6.65. The van der Waals surface area contributed by atoms with Crippen LogP contribution in [0.25, 0.3) is 0 Å². The van der Waals surface area contributed by atoms with E-state index in [1.165, 1.54) is 11.6 Å². The highest BCUT2D eigenvalue weighted by atomic mass is 32.2. The van der Waals surface area contributed by atoms with Crippen molar-refractivity contribution in [2.45, 2.75) is 38.5 Å². The van der Waals surface area contributed by atoms with Crippen molar-refractivity contribution in [3.63, 3.8) is 0 Å². The lowest BCUT2D eigenvalue weighted by molar-refractivity contribution is 0.0946. The third-order valence-electron chi connectivity index (χ3n) is 5.13. The second-order valence-corrected chi connectivity index (χ2v) is 9.60. The van der Waals surface area contributed by atoms with Crippen molar-refractivity contribution < 1.29 is 17.9 Å². The van der Waals surface area contributed by atoms with E-state index in [1.807, 2.05) is 37.3 Å². The molecule has 33 heavy (non-hydrogen) atoms. The van der Waals surface area contributed by atoms with E-state index in [1.54, 1.807) is 37.3 Å². The van der Waals surface area contributed by atoms with Gasteiger partial charge < -0.3 is 10.1 Å². The van der Waals surface area contributed by atoms with E-state index in [9.17, 15) is 13.2 Å². The van der Waals surface area contributed by atoms with Crippen LogP contribution in [0.2, 0.25) is 0 Å². The molecule has 1 amide bonds. The first-order valence-electron chi connectivity index (χ1n) is 11.0. The van der Waals surface area contributed by atoms with Crippen molar-refractivity contribution >= 4 is 21.6 Å². The number of hydrogen-bond acceptors (Lipinski definition) is 4. The fourth-order valence-electron chi connectivity index (χ4n) is 3.43. The van der Waals surface area contributed by atoms with E-state index in [-0.39, 0.29) is 16.4 Å². The molecule has 3 rings (SSSR count). The summed E-state index contributed by atoms with van der Waals surface area (Å²) in [4.78, 5) is 12.7. The van der Waals surface area contributed by atoms with Crippen molar-refractivity contribution in [2.24, 2.45) is 0 Å². The number of benzene rings is 3. The van der Waals surface area contributed by atoms with E-state index >= 15 is 0 Å². The van der Waals surface area contributed by atoms with Gasteiger partial charge in [0.05, 0.1) is 11.4 Å². The maximum atomic E-state index is 12.9. The summed E-state index contributed by atoms with van der Waals surface area (Å²) in [5, 5.41) is 2.78. The smallest absolute Gasteiger partial charge is 0.262 e. The molecular weight excluding hydrogens is 436 g/mol. The predicted molar refractivity (Wildman–Crippen MR) is 131 cm³/mol. The molecule has 0 atom stereocenters. The number of anilines is 1. The molecule has 0 fully saturated rings. The Morgan fingerprint density at radius 1 is 0.970 bits per heavy atom. The van der Waals surface area contributed by atoms with Crippen LogP contribution in [0.5, 0.6) is 5.75 Å². The standard InChI is InChI=1S/C26H30N2O4S/c1-4-6-21-10-13-24(14-11-21)32-16-15-27-26(29)22-12-9-20(3)25(18-22)33(30,31)28-23-8-5-7-19(2)17-23/h5,7-14,17-18,28H,4,6,15-16H2,1-3H3,(H,27,29). The van der Waals surface area contributed by atoms with Crippen LogP contribution in [0.1, 0.15) is 40.4 Å². The Labute approximate surface area is 196 Å². The van der Waals surface area contributed by atoms with Crippen LogP contribution in [-0.2, 0) is 16.4 Å². The minimum atomic E-state index is -3.84. The molecule has 3 aromatic rings. The van der Waals surface area contributed by atoms with Crippen LogP contribution < -0.4 is 14.8 Å². The molecule has 0 unspecified atom stereocenters. The summed E-state index contributed by atoms with van der Waals surface area (Å²) in [6, 6.07) is 19.7. The number of hydrogen-bond donors (Lipinski definition) is 2. The van der Waals surface area contributed by atoms with Crippen LogP contribution in [-0.4, -0.2) is 27.5 Å². The molecule has 0 radical (unpaired) electrons. The van der Waals surface area contributed by atoms with Gasteiger partial charge in [0.25, 0.3) is 15.9 Å². The number of ether oxygens (including phenoxy) is 1. The fourth-order valence-corrected chi connectivity index (χ4v) is 4.75. The molecular formula is C26H30N2O4S. The van der Waals surface area contributed by atoms with Crippen molar-refractivity contribution in [3.05, 3.63) is 89.0 Å². The summed E-state index contributed by atoms with van der Waals surface area (Å²) in [6.45, 7) is 6.34. The molecule has 6 nitrogen and oxygen atoms in total. The number of carbonyl (C=O) groups is 1. The number of carbonyl (C=O) groups excluding carboxylic acids is 1. The number of nitrogens with one attached hydrogen (secondary N) is 2. The molecule has 0 saturated heterocycles. The van der Waals surface area contributed by atoms with Gasteiger partial charge in [-0.05, 0) is 73.4 Å². The summed E-state index contributed by atoms with van der Waals surface area (Å²) in [5.41, 5.74) is 3.51. The highest BCUT2D eigenvalue weighted by molar-refractivity contribution is 7.92. The molecule has 3 aromatic carbocycles. The van der Waals surface area contributed by atoms with Gasteiger partial charge in [0.2, 0.25) is 0 Å². The van der Waals surface area contributed by atoms with Crippen LogP contribution in [0.4, 0.5) is 5.69 Å². The molecule has 2 N–H and O–H groups in total. The SMILES string of the molecule is CCCc1ccc(OCCNC(=O)c2ccc(C)c(S(=O)(=O)Nc3cccc(C)c3)c2)cc1. The van der Waals surface area contributed by atoms with Gasteiger partial charge in [-0.15, -0.1) is 0 Å². The predicted octanol–water partition coefficient (Wildman–Crippen LogP) is 4.87. The average Bonchev–Trinajstić information content (AvgIpc) is 2.78. The Balaban J connectivity index is 1.60. The topological polar surface area (TPSA) is 84.5 Å². The Kier molecular flexibility index (Phi) is 8.11. The second kappa shape index (κ2) is 11.0. The normalized spacial score (nSPS) is 11.1. The first-order chi connectivity index (χ1) is 15.8. The van der Waals surface area contributed by atoms with Crippen molar-refractivity contribution in [2.75, 3.05) is 17.9 Å². The summed E-state index contributed by atoms with van der Waals surface area (Å²) in [7, 11) is -3.84. The Bertz CT molecular complexity index is 1210. The number of amides is 1. The van der Waals surface area contributed by atoms with E-state index in [2.05, 4.69) is 17.0 Å². The maximum Gasteiger partial charge on any atom is 0.262 e. The number of rotatable bonds is 10. The van der Waals surface area contributed by atoms with Crippen LogP contribution in [0, 0.1) is 13.8 Å². The van der Waals surface area contributed by atoms with Crippen molar-refractivity contribution in [1.29, 1.82) is 0 Å². The molecule has 0 aliphatic rings. The zero-order valence-corrected chi connectivity index (χ0v) is 20.0. The minimum Gasteiger partial charge on any atom is -0.492 e. The molecule has 0 spiro atoms. The highest BCUT2D eigenvalue weighted by Crippen LogP contribution is 2.21. The van der Waals surface area contributed by atoms with E-state index in [0.717, 1.165) is 24.2 Å². The fraction of sp³-hybridized carbons (Fsp3) is 0.269. The molecule has 0 aliphatic carbocycles. The Morgan fingerprint density at radius 2 is 1.73 bits per heavy atom. The maximum absolute atomic E-state index is 12.9. The van der Waals surface area contributed by atoms with Crippen LogP contribution >= 0.6 is 0 Å². The lowest BCUT2D eigenvalue weighted by Gasteiger charge is -2.13. The summed E-state index contributed by atoms with van der Waals surface area (Å²) in [6.07, 6.45) is 2.13. The first-order valence-corrected chi connectivity index (χ1v) is 12.5. The second-order valence-electron chi connectivity index (χ2n) is 7.95. The minimum absolute atomic E-state index is 0.0695. The molecule has 174 valence electrons. The summed E-state index contributed by atoms with van der Waals surface area (Å²) < 4.78 is 34.1. The zero-order chi connectivity index (χ0) is 23.8. The lowest BCUT2D eigenvalue weighted by atomic mass is 10.1. The summed E-state index contributed by atoms with van der Waals surface area (Å²) >= 11 is 0. The van der Waals surface area contributed by atoms with Crippen LogP contribution in [0.15, 0.2) is 71.6 Å². The molecule has 0 heterocycles. The average molecular weight is 467 g/mol. The molecule has 0 bridgehead atoms. The highest BCUT2D eigenvalue weighted by Gasteiger charge is 2.19. The number of sulfonamides is 1. The van der Waals surface area contributed by atoms with E-state index in [0.29, 0.717) is 24.4 Å². The van der Waals surface area contributed by atoms with Gasteiger partial charge in [-0.2, -0.15) is 0 Å². The first kappa shape index (κ1) is 24.3. The number of aryl methyl sites for hydroxylation is 3. The van der Waals surface area contributed by atoms with Gasteiger partial charge in [-0.3, -0.25) is 9.52 Å². The summed E-state index contributed by atoms with van der Waals surface area (Å²) in [5.74, 6) is 0.388. The molecule has 7 heteroatoms.